The van der Waals surface area contributed by atoms with Crippen molar-refractivity contribution in [1.82, 2.24) is 20.9 Å². The second kappa shape index (κ2) is 8.43. The molecular formula is C20H30N4O2. The Morgan fingerprint density at radius 3 is 2.42 bits per heavy atom. The first-order valence-electron chi connectivity index (χ1n) is 9.73. The van der Waals surface area contributed by atoms with E-state index in [9.17, 15) is 9.59 Å². The van der Waals surface area contributed by atoms with Crippen LogP contribution in [0.3, 0.4) is 0 Å². The highest BCUT2D eigenvalue weighted by Crippen LogP contribution is 2.40. The van der Waals surface area contributed by atoms with Crippen LogP contribution in [0.15, 0.2) is 30.3 Å². The van der Waals surface area contributed by atoms with Crippen molar-refractivity contribution in [2.45, 2.75) is 51.1 Å². The summed E-state index contributed by atoms with van der Waals surface area (Å²) in [4.78, 5) is 26.4. The highest BCUT2D eigenvalue weighted by atomic mass is 16.2. The molecule has 1 saturated heterocycles. The van der Waals surface area contributed by atoms with Crippen LogP contribution in [0.4, 0.5) is 9.59 Å². The molecule has 0 atom stereocenters. The van der Waals surface area contributed by atoms with Crippen molar-refractivity contribution in [2.24, 2.45) is 5.92 Å². The van der Waals surface area contributed by atoms with E-state index < -0.39 is 0 Å². The number of urea groups is 2. The van der Waals surface area contributed by atoms with Gasteiger partial charge in [0.15, 0.2) is 0 Å². The standard InChI is InChI=1S/C20H30N4O2/c1-2-21-18(25)23-20(14-16-8-9-16)10-12-24(13-11-20)19(26)22-15-17-6-4-3-5-7-17/h3-7,16H,2,8-15H2,1H3,(H,22,26)(H2,21,23,25). The Balaban J connectivity index is 1.51. The summed E-state index contributed by atoms with van der Waals surface area (Å²) in [6.45, 7) is 4.45. The first-order valence-corrected chi connectivity index (χ1v) is 9.73. The number of hydrogen-bond acceptors (Lipinski definition) is 2. The highest BCUT2D eigenvalue weighted by molar-refractivity contribution is 5.75. The third-order valence-electron chi connectivity index (χ3n) is 5.39. The number of likely N-dealkylation sites (tertiary alicyclic amines) is 1. The van der Waals surface area contributed by atoms with Gasteiger partial charge in [-0.25, -0.2) is 9.59 Å². The molecule has 0 aromatic heterocycles. The van der Waals surface area contributed by atoms with Crippen LogP contribution in [-0.4, -0.2) is 42.1 Å². The van der Waals surface area contributed by atoms with Gasteiger partial charge in [-0.05, 0) is 37.7 Å². The highest BCUT2D eigenvalue weighted by Gasteiger charge is 2.41. The van der Waals surface area contributed by atoms with Crippen LogP contribution in [0.1, 0.15) is 44.6 Å². The van der Waals surface area contributed by atoms with Crippen LogP contribution in [0.5, 0.6) is 0 Å². The molecule has 142 valence electrons. The Hall–Kier alpha value is -2.24. The first-order chi connectivity index (χ1) is 12.6. The van der Waals surface area contributed by atoms with Crippen LogP contribution in [0.2, 0.25) is 0 Å². The van der Waals surface area contributed by atoms with Crippen LogP contribution >= 0.6 is 0 Å². The summed E-state index contributed by atoms with van der Waals surface area (Å²) in [5, 5.41) is 9.05. The number of amides is 4. The second-order valence-corrected chi connectivity index (χ2v) is 7.54. The minimum atomic E-state index is -0.170. The van der Waals surface area contributed by atoms with Crippen LogP contribution in [-0.2, 0) is 6.54 Å². The van der Waals surface area contributed by atoms with Gasteiger partial charge < -0.3 is 20.9 Å². The van der Waals surface area contributed by atoms with Crippen molar-refractivity contribution in [3.63, 3.8) is 0 Å². The molecule has 0 bridgehead atoms. The zero-order valence-electron chi connectivity index (χ0n) is 15.6. The Bertz CT molecular complexity index is 607. The smallest absolute Gasteiger partial charge is 0.317 e. The number of piperidine rings is 1. The molecule has 3 N–H and O–H groups in total. The number of carbonyl (C=O) groups is 2. The van der Waals surface area contributed by atoms with Gasteiger partial charge in [0.1, 0.15) is 0 Å². The van der Waals surface area contributed by atoms with E-state index in [0.717, 1.165) is 30.7 Å². The van der Waals surface area contributed by atoms with E-state index in [1.54, 1.807) is 0 Å². The van der Waals surface area contributed by atoms with Crippen molar-refractivity contribution in [3.8, 4) is 0 Å². The van der Waals surface area contributed by atoms with Crippen LogP contribution < -0.4 is 16.0 Å². The van der Waals surface area contributed by atoms with E-state index >= 15 is 0 Å². The van der Waals surface area contributed by atoms with E-state index in [1.807, 2.05) is 42.2 Å². The molecule has 1 aliphatic heterocycles. The lowest BCUT2D eigenvalue weighted by Gasteiger charge is -2.42. The quantitative estimate of drug-likeness (QED) is 0.731. The van der Waals surface area contributed by atoms with Gasteiger partial charge in [-0.2, -0.15) is 0 Å². The molecule has 3 rings (SSSR count). The predicted octanol–water partition coefficient (Wildman–Crippen LogP) is 2.85. The maximum absolute atomic E-state index is 12.5. The van der Waals surface area contributed by atoms with Crippen molar-refractivity contribution in [3.05, 3.63) is 35.9 Å². The molecule has 2 fully saturated rings. The maximum atomic E-state index is 12.5. The van der Waals surface area contributed by atoms with Crippen LogP contribution in [0, 0.1) is 5.92 Å². The molecular weight excluding hydrogens is 328 g/mol. The number of nitrogens with one attached hydrogen (secondary N) is 3. The molecule has 1 saturated carbocycles. The molecule has 4 amide bonds. The lowest BCUT2D eigenvalue weighted by Crippen LogP contribution is -2.59. The molecule has 0 radical (unpaired) electrons. The van der Waals surface area contributed by atoms with Gasteiger partial charge in [-0.1, -0.05) is 43.2 Å². The van der Waals surface area contributed by atoms with Crippen molar-refractivity contribution in [1.29, 1.82) is 0 Å². The Labute approximate surface area is 155 Å². The second-order valence-electron chi connectivity index (χ2n) is 7.54. The summed E-state index contributed by atoms with van der Waals surface area (Å²) >= 11 is 0. The first kappa shape index (κ1) is 18.5. The monoisotopic (exact) mass is 358 g/mol. The minimum absolute atomic E-state index is 0.0214. The summed E-state index contributed by atoms with van der Waals surface area (Å²) in [6.07, 6.45) is 5.20. The third kappa shape index (κ3) is 5.13. The summed E-state index contributed by atoms with van der Waals surface area (Å²) in [5.74, 6) is 0.732. The summed E-state index contributed by atoms with van der Waals surface area (Å²) in [5.41, 5.74) is 0.926. The number of benzene rings is 1. The van der Waals surface area contributed by atoms with Gasteiger partial charge in [0, 0.05) is 31.7 Å². The molecule has 1 aromatic carbocycles. The summed E-state index contributed by atoms with van der Waals surface area (Å²) in [6, 6.07) is 9.82. The van der Waals surface area contributed by atoms with E-state index in [1.165, 1.54) is 12.8 Å². The lowest BCUT2D eigenvalue weighted by atomic mass is 9.82. The largest absolute Gasteiger partial charge is 0.338 e. The molecule has 6 nitrogen and oxygen atoms in total. The van der Waals surface area contributed by atoms with E-state index in [2.05, 4.69) is 16.0 Å². The van der Waals surface area contributed by atoms with Gasteiger partial charge in [0.2, 0.25) is 0 Å². The maximum Gasteiger partial charge on any atom is 0.317 e. The topological polar surface area (TPSA) is 73.5 Å². The average molecular weight is 358 g/mol. The Kier molecular flexibility index (Phi) is 6.01. The molecule has 0 spiro atoms. The number of rotatable bonds is 6. The molecule has 0 unspecified atom stereocenters. The SMILES string of the molecule is CCNC(=O)NC1(CC2CC2)CCN(C(=O)NCc2ccccc2)CC1. The molecule has 1 heterocycles. The number of hydrogen-bond donors (Lipinski definition) is 3. The number of nitrogens with zero attached hydrogens (tertiary/aromatic N) is 1. The minimum Gasteiger partial charge on any atom is -0.338 e. The van der Waals surface area contributed by atoms with E-state index in [4.69, 9.17) is 0 Å². The zero-order valence-corrected chi connectivity index (χ0v) is 15.6. The molecule has 1 aliphatic carbocycles. The fraction of sp³-hybridized carbons (Fsp3) is 0.600. The Morgan fingerprint density at radius 1 is 1.12 bits per heavy atom. The van der Waals surface area contributed by atoms with Crippen molar-refractivity contribution >= 4 is 12.1 Å². The molecule has 6 heteroatoms. The third-order valence-corrected chi connectivity index (χ3v) is 5.39. The fourth-order valence-corrected chi connectivity index (χ4v) is 3.72. The molecule has 26 heavy (non-hydrogen) atoms. The average Bonchev–Trinajstić information content (AvgIpc) is 3.45. The fourth-order valence-electron chi connectivity index (χ4n) is 3.72. The summed E-state index contributed by atoms with van der Waals surface area (Å²) < 4.78 is 0. The lowest BCUT2D eigenvalue weighted by molar-refractivity contribution is 0.134. The predicted molar refractivity (Wildman–Crippen MR) is 102 cm³/mol. The van der Waals surface area contributed by atoms with Gasteiger partial charge in [0.05, 0.1) is 0 Å². The zero-order chi connectivity index (χ0) is 18.4. The van der Waals surface area contributed by atoms with Crippen molar-refractivity contribution in [2.75, 3.05) is 19.6 Å². The molecule has 2 aliphatic rings. The number of carbonyl (C=O) groups excluding carboxylic acids is 2. The summed E-state index contributed by atoms with van der Waals surface area (Å²) in [7, 11) is 0. The Morgan fingerprint density at radius 2 is 1.81 bits per heavy atom. The van der Waals surface area contributed by atoms with E-state index in [-0.39, 0.29) is 17.6 Å². The van der Waals surface area contributed by atoms with E-state index in [0.29, 0.717) is 26.2 Å². The van der Waals surface area contributed by atoms with Gasteiger partial charge in [-0.15, -0.1) is 0 Å². The van der Waals surface area contributed by atoms with Gasteiger partial charge >= 0.3 is 12.1 Å². The normalized spacial score (nSPS) is 18.9. The van der Waals surface area contributed by atoms with Gasteiger partial charge in [0.25, 0.3) is 0 Å². The van der Waals surface area contributed by atoms with Gasteiger partial charge in [-0.3, -0.25) is 0 Å². The van der Waals surface area contributed by atoms with Crippen molar-refractivity contribution < 1.29 is 9.59 Å². The molecule has 1 aromatic rings. The van der Waals surface area contributed by atoms with Crippen LogP contribution in [0.25, 0.3) is 0 Å².